The molecule has 0 spiro atoms. The molecule has 0 aliphatic carbocycles. The highest BCUT2D eigenvalue weighted by atomic mass is 32.2. The summed E-state index contributed by atoms with van der Waals surface area (Å²) >= 11 is 1.02. The van der Waals surface area contributed by atoms with Crippen LogP contribution in [-0.4, -0.2) is 40.6 Å². The molecule has 1 aliphatic rings. The topological polar surface area (TPSA) is 94.6 Å². The number of pyridine rings is 1. The van der Waals surface area contributed by atoms with Gasteiger partial charge in [-0.05, 0) is 42.2 Å². The quantitative estimate of drug-likeness (QED) is 0.613. The first-order valence-electron chi connectivity index (χ1n) is 9.76. The molecule has 1 aromatic carbocycles. The fraction of sp³-hybridized carbons (Fsp3) is 0.364. The number of aromatic nitrogens is 1. The standard InChI is InChI=1S/C22H24N2O5S/c1-3-18-7-6-16(11-23-18)17(12-28-14(2)25)13-29-19-8-4-15(5-9-19)10-20-21(26)24-22(27)30-20/h4-9,11,17,20H,3,10,12-13H2,1-2H3,(H,24,26,27)/t17-,20?/m1/s1. The van der Waals surface area contributed by atoms with Crippen molar-refractivity contribution in [2.75, 3.05) is 13.2 Å². The number of amides is 2. The number of carbonyl (C=O) groups excluding carboxylic acids is 3. The van der Waals surface area contributed by atoms with Crippen LogP contribution >= 0.6 is 11.8 Å². The number of esters is 1. The zero-order valence-electron chi connectivity index (χ0n) is 16.9. The third-order valence-corrected chi connectivity index (χ3v) is 5.71. The number of hydrogen-bond acceptors (Lipinski definition) is 7. The van der Waals surface area contributed by atoms with E-state index in [0.29, 0.717) is 18.8 Å². The van der Waals surface area contributed by atoms with Gasteiger partial charge >= 0.3 is 5.97 Å². The van der Waals surface area contributed by atoms with E-state index in [2.05, 4.69) is 10.3 Å². The van der Waals surface area contributed by atoms with Gasteiger partial charge in [0.1, 0.15) is 12.4 Å². The minimum Gasteiger partial charge on any atom is -0.493 e. The summed E-state index contributed by atoms with van der Waals surface area (Å²) in [5, 5.41) is 1.60. The molecule has 7 nitrogen and oxygen atoms in total. The van der Waals surface area contributed by atoms with Crippen LogP contribution in [0.5, 0.6) is 5.75 Å². The molecule has 30 heavy (non-hydrogen) atoms. The van der Waals surface area contributed by atoms with Gasteiger partial charge in [0.15, 0.2) is 0 Å². The highest BCUT2D eigenvalue weighted by Gasteiger charge is 2.31. The van der Waals surface area contributed by atoms with Crippen molar-refractivity contribution in [1.29, 1.82) is 0 Å². The summed E-state index contributed by atoms with van der Waals surface area (Å²) < 4.78 is 11.1. The smallest absolute Gasteiger partial charge is 0.302 e. The lowest BCUT2D eigenvalue weighted by atomic mass is 10.0. The van der Waals surface area contributed by atoms with Gasteiger partial charge in [0.25, 0.3) is 5.24 Å². The molecule has 1 fully saturated rings. The van der Waals surface area contributed by atoms with Gasteiger partial charge in [-0.1, -0.05) is 36.9 Å². The Bertz CT molecular complexity index is 899. The number of hydrogen-bond donors (Lipinski definition) is 1. The summed E-state index contributed by atoms with van der Waals surface area (Å²) in [4.78, 5) is 38.6. The Morgan fingerprint density at radius 2 is 1.93 bits per heavy atom. The average Bonchev–Trinajstić information content (AvgIpc) is 3.06. The van der Waals surface area contributed by atoms with Gasteiger partial charge in [0, 0.05) is 18.8 Å². The van der Waals surface area contributed by atoms with Crippen molar-refractivity contribution in [2.24, 2.45) is 0 Å². The van der Waals surface area contributed by atoms with E-state index in [0.717, 1.165) is 35.0 Å². The number of aryl methyl sites for hydroxylation is 1. The Hall–Kier alpha value is -2.87. The molecule has 2 aromatic rings. The molecule has 158 valence electrons. The summed E-state index contributed by atoms with van der Waals surface area (Å²) in [7, 11) is 0. The first-order chi connectivity index (χ1) is 14.4. The molecule has 2 amide bonds. The van der Waals surface area contributed by atoms with Gasteiger partial charge in [-0.2, -0.15) is 0 Å². The monoisotopic (exact) mass is 428 g/mol. The van der Waals surface area contributed by atoms with Crippen LogP contribution in [0.2, 0.25) is 0 Å². The average molecular weight is 429 g/mol. The Labute approximate surface area is 179 Å². The van der Waals surface area contributed by atoms with E-state index < -0.39 is 5.25 Å². The molecule has 0 bridgehead atoms. The van der Waals surface area contributed by atoms with Crippen molar-refractivity contribution in [1.82, 2.24) is 10.3 Å². The van der Waals surface area contributed by atoms with Gasteiger partial charge in [-0.3, -0.25) is 24.7 Å². The third-order valence-electron chi connectivity index (χ3n) is 4.73. The Balaban J connectivity index is 1.60. The number of rotatable bonds is 9. The first-order valence-corrected chi connectivity index (χ1v) is 10.6. The second-order valence-corrected chi connectivity index (χ2v) is 8.15. The number of ether oxygens (including phenoxy) is 2. The van der Waals surface area contributed by atoms with Crippen LogP contribution in [0.15, 0.2) is 42.6 Å². The number of nitrogens with zero attached hydrogens (tertiary/aromatic N) is 1. The lowest BCUT2D eigenvalue weighted by molar-refractivity contribution is -0.141. The Morgan fingerprint density at radius 1 is 1.17 bits per heavy atom. The molecule has 1 saturated heterocycles. The minimum atomic E-state index is -0.393. The third kappa shape index (κ3) is 6.06. The number of carbonyl (C=O) groups is 3. The molecule has 0 radical (unpaired) electrons. The summed E-state index contributed by atoms with van der Waals surface area (Å²) in [5.74, 6) is -0.0583. The molecular formula is C22H24N2O5S. The first kappa shape index (κ1) is 21.8. The van der Waals surface area contributed by atoms with Crippen LogP contribution in [0.3, 0.4) is 0 Å². The van der Waals surface area contributed by atoms with Crippen LogP contribution in [0.1, 0.15) is 36.6 Å². The number of benzene rings is 1. The maximum atomic E-state index is 11.7. The van der Waals surface area contributed by atoms with Crippen molar-refractivity contribution >= 4 is 28.9 Å². The van der Waals surface area contributed by atoms with Gasteiger partial charge in [0.05, 0.1) is 17.8 Å². The van der Waals surface area contributed by atoms with E-state index in [1.54, 1.807) is 6.20 Å². The van der Waals surface area contributed by atoms with Crippen molar-refractivity contribution in [3.8, 4) is 5.75 Å². The largest absolute Gasteiger partial charge is 0.493 e. The molecular weight excluding hydrogens is 404 g/mol. The fourth-order valence-electron chi connectivity index (χ4n) is 3.01. The lowest BCUT2D eigenvalue weighted by Gasteiger charge is -2.18. The zero-order valence-corrected chi connectivity index (χ0v) is 17.7. The van der Waals surface area contributed by atoms with E-state index >= 15 is 0 Å². The molecule has 0 saturated carbocycles. The summed E-state index contributed by atoms with van der Waals surface area (Å²) in [6.07, 6.45) is 3.13. The zero-order chi connectivity index (χ0) is 21.5. The van der Waals surface area contributed by atoms with Crippen LogP contribution in [-0.2, 0) is 27.2 Å². The van der Waals surface area contributed by atoms with Crippen LogP contribution in [0.4, 0.5) is 4.79 Å². The molecule has 2 heterocycles. The molecule has 2 atom stereocenters. The van der Waals surface area contributed by atoms with E-state index in [4.69, 9.17) is 9.47 Å². The van der Waals surface area contributed by atoms with Crippen LogP contribution in [0.25, 0.3) is 0 Å². The van der Waals surface area contributed by atoms with Gasteiger partial charge < -0.3 is 9.47 Å². The van der Waals surface area contributed by atoms with E-state index in [9.17, 15) is 14.4 Å². The Morgan fingerprint density at radius 3 is 2.50 bits per heavy atom. The molecule has 1 aliphatic heterocycles. The Kier molecular flexibility index (Phi) is 7.46. The predicted octanol–water partition coefficient (Wildman–Crippen LogP) is 3.26. The van der Waals surface area contributed by atoms with Gasteiger partial charge in [0.2, 0.25) is 5.91 Å². The number of nitrogens with one attached hydrogen (secondary N) is 1. The van der Waals surface area contributed by atoms with Crippen molar-refractivity contribution in [2.45, 2.75) is 37.9 Å². The summed E-state index contributed by atoms with van der Waals surface area (Å²) in [6.45, 7) is 3.96. The SMILES string of the molecule is CCc1ccc([C@H](COC(C)=O)COc2ccc(CC3SC(=O)NC3=O)cc2)cn1. The summed E-state index contributed by atoms with van der Waals surface area (Å²) in [5.41, 5.74) is 2.89. The van der Waals surface area contributed by atoms with E-state index in [-0.39, 0.29) is 29.6 Å². The number of thioether (sulfide) groups is 1. The molecule has 1 N–H and O–H groups in total. The molecule has 3 rings (SSSR count). The van der Waals surface area contributed by atoms with Crippen molar-refractivity contribution in [3.05, 3.63) is 59.4 Å². The second kappa shape index (κ2) is 10.2. The molecule has 1 aromatic heterocycles. The maximum Gasteiger partial charge on any atom is 0.302 e. The fourth-order valence-corrected chi connectivity index (χ4v) is 3.87. The van der Waals surface area contributed by atoms with Gasteiger partial charge in [-0.25, -0.2) is 0 Å². The molecule has 8 heteroatoms. The lowest BCUT2D eigenvalue weighted by Crippen LogP contribution is -2.25. The minimum absolute atomic E-state index is 0.142. The van der Waals surface area contributed by atoms with Crippen LogP contribution < -0.4 is 10.1 Å². The normalized spacial score (nSPS) is 16.8. The molecule has 1 unspecified atom stereocenters. The van der Waals surface area contributed by atoms with Gasteiger partial charge in [-0.15, -0.1) is 0 Å². The maximum absolute atomic E-state index is 11.7. The van der Waals surface area contributed by atoms with E-state index in [1.165, 1.54) is 6.92 Å². The highest BCUT2D eigenvalue weighted by Crippen LogP contribution is 2.24. The van der Waals surface area contributed by atoms with E-state index in [1.807, 2.05) is 43.3 Å². The van der Waals surface area contributed by atoms with Crippen molar-refractivity contribution < 1.29 is 23.9 Å². The predicted molar refractivity (Wildman–Crippen MR) is 114 cm³/mol. The number of imide groups is 1. The second-order valence-electron chi connectivity index (χ2n) is 6.98. The summed E-state index contributed by atoms with van der Waals surface area (Å²) in [6, 6.07) is 11.4. The highest BCUT2D eigenvalue weighted by molar-refractivity contribution is 8.15. The van der Waals surface area contributed by atoms with Crippen molar-refractivity contribution in [3.63, 3.8) is 0 Å². The van der Waals surface area contributed by atoms with Crippen LogP contribution in [0, 0.1) is 0 Å².